The predicted molar refractivity (Wildman–Crippen MR) is 126 cm³/mol. The lowest BCUT2D eigenvalue weighted by Crippen LogP contribution is -2.39. The van der Waals surface area contributed by atoms with Crippen LogP contribution in [0.15, 0.2) is 53.2 Å². The molecule has 0 N–H and O–H groups in total. The van der Waals surface area contributed by atoms with E-state index in [2.05, 4.69) is 14.7 Å². The minimum absolute atomic E-state index is 0.0157. The molecule has 1 atom stereocenters. The maximum absolute atomic E-state index is 13.5. The zero-order chi connectivity index (χ0) is 23.1. The normalized spacial score (nSPS) is 19.2. The van der Waals surface area contributed by atoms with E-state index < -0.39 is 0 Å². The van der Waals surface area contributed by atoms with Crippen molar-refractivity contribution in [2.75, 3.05) is 19.7 Å². The first-order valence-electron chi connectivity index (χ1n) is 12.0. The van der Waals surface area contributed by atoms with E-state index >= 15 is 0 Å². The van der Waals surface area contributed by atoms with Crippen molar-refractivity contribution >= 4 is 17.1 Å². The van der Waals surface area contributed by atoms with Gasteiger partial charge in [-0.2, -0.15) is 0 Å². The number of fused-ring (bicyclic) bond motifs is 1. The Morgan fingerprint density at radius 1 is 1.06 bits per heavy atom. The molecule has 8 nitrogen and oxygen atoms in total. The van der Waals surface area contributed by atoms with Crippen LogP contribution in [0.25, 0.3) is 22.4 Å². The van der Waals surface area contributed by atoms with Gasteiger partial charge in [-0.3, -0.25) is 4.79 Å². The molecule has 2 fully saturated rings. The zero-order valence-corrected chi connectivity index (χ0v) is 19.2. The third-order valence-electron chi connectivity index (χ3n) is 6.93. The maximum atomic E-state index is 13.5. The number of pyridine rings is 1. The van der Waals surface area contributed by atoms with Gasteiger partial charge in [0.15, 0.2) is 5.65 Å². The number of rotatable bonds is 4. The minimum Gasteiger partial charge on any atom is -0.370 e. The molecule has 1 aromatic carbocycles. The lowest BCUT2D eigenvalue weighted by Gasteiger charge is -2.33. The Kier molecular flexibility index (Phi) is 5.37. The predicted octanol–water partition coefficient (Wildman–Crippen LogP) is 4.72. The largest absolute Gasteiger partial charge is 0.370 e. The number of imidazole rings is 1. The van der Waals surface area contributed by atoms with Crippen molar-refractivity contribution in [2.24, 2.45) is 0 Å². The number of amides is 1. The van der Waals surface area contributed by atoms with Crippen molar-refractivity contribution in [1.82, 2.24) is 24.6 Å². The molecule has 1 unspecified atom stereocenters. The molecule has 0 bridgehead atoms. The molecule has 34 heavy (non-hydrogen) atoms. The number of carbonyl (C=O) groups excluding carboxylic acids is 1. The van der Waals surface area contributed by atoms with Crippen LogP contribution in [0, 0.1) is 6.92 Å². The van der Waals surface area contributed by atoms with Gasteiger partial charge < -0.3 is 18.7 Å². The van der Waals surface area contributed by atoms with Gasteiger partial charge >= 0.3 is 0 Å². The number of likely N-dealkylation sites (tertiary alicyclic amines) is 1. The van der Waals surface area contributed by atoms with Crippen LogP contribution in [-0.2, 0) is 4.74 Å². The monoisotopic (exact) mass is 457 g/mol. The summed E-state index contributed by atoms with van der Waals surface area (Å²) in [5.41, 5.74) is 3.85. The van der Waals surface area contributed by atoms with E-state index in [0.717, 1.165) is 54.8 Å². The van der Waals surface area contributed by atoms with Crippen LogP contribution in [0.4, 0.5) is 0 Å². The first-order valence-corrected chi connectivity index (χ1v) is 12.0. The highest BCUT2D eigenvalue weighted by molar-refractivity contribution is 6.00. The number of ether oxygens (including phenoxy) is 1. The first kappa shape index (κ1) is 21.0. The number of hydrogen-bond donors (Lipinski definition) is 0. The van der Waals surface area contributed by atoms with Gasteiger partial charge in [0.25, 0.3) is 5.91 Å². The van der Waals surface area contributed by atoms with Gasteiger partial charge in [-0.15, -0.1) is 0 Å². The van der Waals surface area contributed by atoms with Gasteiger partial charge in [-0.1, -0.05) is 35.5 Å². The van der Waals surface area contributed by atoms with Crippen LogP contribution in [0.2, 0.25) is 0 Å². The van der Waals surface area contributed by atoms with Crippen LogP contribution in [0.5, 0.6) is 0 Å². The third kappa shape index (κ3) is 3.58. The fraction of sp³-hybridized carbons (Fsp3) is 0.385. The summed E-state index contributed by atoms with van der Waals surface area (Å²) in [6, 6.07) is 13.9. The van der Waals surface area contributed by atoms with Crippen molar-refractivity contribution in [3.05, 3.63) is 65.8 Å². The Balaban J connectivity index is 1.25. The molecule has 0 radical (unpaired) electrons. The number of aromatic nitrogens is 4. The Labute approximate surface area is 197 Å². The van der Waals surface area contributed by atoms with E-state index in [1.54, 1.807) is 6.92 Å². The second-order valence-corrected chi connectivity index (χ2v) is 9.04. The minimum atomic E-state index is -0.0241. The molecular formula is C26H27N5O3. The molecule has 2 saturated heterocycles. The summed E-state index contributed by atoms with van der Waals surface area (Å²) in [5.74, 6) is 1.50. The van der Waals surface area contributed by atoms with E-state index in [4.69, 9.17) is 14.2 Å². The Morgan fingerprint density at radius 2 is 1.88 bits per heavy atom. The molecule has 2 aliphatic heterocycles. The molecule has 8 heteroatoms. The van der Waals surface area contributed by atoms with Crippen molar-refractivity contribution < 1.29 is 14.1 Å². The second-order valence-electron chi connectivity index (χ2n) is 9.04. The number of piperidine rings is 1. The van der Waals surface area contributed by atoms with Crippen molar-refractivity contribution in [1.29, 1.82) is 0 Å². The summed E-state index contributed by atoms with van der Waals surface area (Å²) in [6.07, 6.45) is 5.53. The van der Waals surface area contributed by atoms with E-state index in [1.165, 1.54) is 0 Å². The summed E-state index contributed by atoms with van der Waals surface area (Å²) in [7, 11) is 0. The number of nitrogens with zero attached hydrogens (tertiary/aromatic N) is 5. The fourth-order valence-corrected chi connectivity index (χ4v) is 5.22. The van der Waals surface area contributed by atoms with E-state index in [9.17, 15) is 4.79 Å². The summed E-state index contributed by atoms with van der Waals surface area (Å²) in [4.78, 5) is 25.0. The average Bonchev–Trinajstić information content (AvgIpc) is 3.62. The quantitative estimate of drug-likeness (QED) is 0.441. The molecule has 4 aromatic rings. The smallest absolute Gasteiger partial charge is 0.259 e. The standard InChI is InChI=1S/C26H27N5O3/c1-17-22(23(29-34-17)18-7-3-2-4-8-18)26(32)30-14-11-19(12-15-30)31-24-20(9-5-13-27-24)28-25(31)21-10-6-16-33-21/h2-5,7-9,13,19,21H,6,10-12,14-16H2,1H3. The molecule has 3 aromatic heterocycles. The fourth-order valence-electron chi connectivity index (χ4n) is 5.22. The third-order valence-corrected chi connectivity index (χ3v) is 6.93. The second kappa shape index (κ2) is 8.68. The van der Waals surface area contributed by atoms with Crippen LogP contribution in [0.1, 0.15) is 59.8 Å². The summed E-state index contributed by atoms with van der Waals surface area (Å²) in [6.45, 7) is 3.88. The van der Waals surface area contributed by atoms with Crippen molar-refractivity contribution in [2.45, 2.75) is 44.8 Å². The maximum Gasteiger partial charge on any atom is 0.259 e. The van der Waals surface area contributed by atoms with Crippen molar-refractivity contribution in [3.8, 4) is 11.3 Å². The number of aryl methyl sites for hydroxylation is 1. The Morgan fingerprint density at radius 3 is 2.65 bits per heavy atom. The first-order chi connectivity index (χ1) is 16.7. The zero-order valence-electron chi connectivity index (χ0n) is 19.2. The summed E-state index contributed by atoms with van der Waals surface area (Å²) < 4.78 is 13.7. The van der Waals surface area contributed by atoms with E-state index in [1.807, 2.05) is 53.6 Å². The highest BCUT2D eigenvalue weighted by Gasteiger charge is 2.33. The van der Waals surface area contributed by atoms with Gasteiger partial charge in [0.2, 0.25) is 0 Å². The molecule has 174 valence electrons. The van der Waals surface area contributed by atoms with Gasteiger partial charge in [-0.25, -0.2) is 9.97 Å². The highest BCUT2D eigenvalue weighted by atomic mass is 16.5. The molecule has 0 spiro atoms. The van der Waals surface area contributed by atoms with Gasteiger partial charge in [0.1, 0.15) is 34.5 Å². The molecule has 6 rings (SSSR count). The molecular weight excluding hydrogens is 430 g/mol. The average molecular weight is 458 g/mol. The number of benzene rings is 1. The molecule has 1 amide bonds. The van der Waals surface area contributed by atoms with E-state index in [0.29, 0.717) is 30.1 Å². The van der Waals surface area contributed by atoms with Crippen LogP contribution < -0.4 is 0 Å². The SMILES string of the molecule is Cc1onc(-c2ccccc2)c1C(=O)N1CCC(n2c(C3CCCO3)nc3cccnc32)CC1. The lowest BCUT2D eigenvalue weighted by molar-refractivity contribution is 0.0681. The Hall–Kier alpha value is -3.52. The summed E-state index contributed by atoms with van der Waals surface area (Å²) in [5, 5.41) is 4.19. The molecule has 0 aliphatic carbocycles. The van der Waals surface area contributed by atoms with Crippen molar-refractivity contribution in [3.63, 3.8) is 0 Å². The van der Waals surface area contributed by atoms with Crippen LogP contribution >= 0.6 is 0 Å². The van der Waals surface area contributed by atoms with Crippen LogP contribution in [-0.4, -0.2) is 50.2 Å². The molecule has 5 heterocycles. The van der Waals surface area contributed by atoms with Gasteiger partial charge in [-0.05, 0) is 44.7 Å². The van der Waals surface area contributed by atoms with E-state index in [-0.39, 0.29) is 18.1 Å². The summed E-state index contributed by atoms with van der Waals surface area (Å²) >= 11 is 0. The number of hydrogen-bond acceptors (Lipinski definition) is 6. The Bertz CT molecular complexity index is 1310. The molecule has 2 aliphatic rings. The van der Waals surface area contributed by atoms with Gasteiger partial charge in [0, 0.05) is 37.5 Å². The molecule has 0 saturated carbocycles. The topological polar surface area (TPSA) is 86.3 Å². The van der Waals surface area contributed by atoms with Crippen LogP contribution in [0.3, 0.4) is 0 Å². The lowest BCUT2D eigenvalue weighted by atomic mass is 10.0. The highest BCUT2D eigenvalue weighted by Crippen LogP contribution is 2.36. The number of carbonyl (C=O) groups is 1. The van der Waals surface area contributed by atoms with Gasteiger partial charge in [0.05, 0.1) is 0 Å².